The van der Waals surface area contributed by atoms with E-state index >= 15 is 0 Å². The van der Waals surface area contributed by atoms with Crippen molar-refractivity contribution in [2.24, 2.45) is 0 Å². The maximum atomic E-state index is 13.3. The molecule has 4 aliphatic rings. The van der Waals surface area contributed by atoms with E-state index in [2.05, 4.69) is 5.32 Å². The lowest BCUT2D eigenvalue weighted by atomic mass is 9.98. The first kappa shape index (κ1) is 20.8. The molecule has 3 aliphatic heterocycles. The van der Waals surface area contributed by atoms with Crippen molar-refractivity contribution in [3.63, 3.8) is 0 Å². The Kier molecular flexibility index (Phi) is 5.27. The number of carbonyl (C=O) groups excluding carboxylic acids is 4. The Labute approximate surface area is 186 Å². The summed E-state index contributed by atoms with van der Waals surface area (Å²) in [7, 11) is 0. The van der Waals surface area contributed by atoms with Crippen LogP contribution in [0, 0.1) is 0 Å². The predicted octanol–water partition coefficient (Wildman–Crippen LogP) is 1.66. The first-order valence-corrected chi connectivity index (χ1v) is 11.5. The minimum Gasteiger partial charge on any atom is -0.476 e. The summed E-state index contributed by atoms with van der Waals surface area (Å²) >= 11 is 0. The first-order valence-electron chi connectivity index (χ1n) is 11.5. The van der Waals surface area contributed by atoms with Crippen LogP contribution in [0.4, 0.5) is 10.5 Å². The molecule has 5 amide bonds. The third-order valence-electron chi connectivity index (χ3n) is 7.01. The summed E-state index contributed by atoms with van der Waals surface area (Å²) in [6.07, 6.45) is 5.20. The van der Waals surface area contributed by atoms with Crippen LogP contribution < -0.4 is 15.0 Å². The predicted molar refractivity (Wildman–Crippen MR) is 115 cm³/mol. The molecule has 1 saturated carbocycles. The van der Waals surface area contributed by atoms with Crippen LogP contribution in [0.3, 0.4) is 0 Å². The summed E-state index contributed by atoms with van der Waals surface area (Å²) in [6.45, 7) is 1.09. The molecule has 3 heterocycles. The molecular weight excluding hydrogens is 412 g/mol. The number of piperidine rings is 1. The van der Waals surface area contributed by atoms with E-state index in [-0.39, 0.29) is 24.9 Å². The monoisotopic (exact) mass is 440 g/mol. The van der Waals surface area contributed by atoms with Crippen molar-refractivity contribution in [3.8, 4) is 5.75 Å². The van der Waals surface area contributed by atoms with Crippen molar-refractivity contribution in [1.82, 2.24) is 15.1 Å². The van der Waals surface area contributed by atoms with Gasteiger partial charge in [-0.2, -0.15) is 0 Å². The zero-order valence-electron chi connectivity index (χ0n) is 18.0. The SMILES string of the molecule is O=C([C@H]1CN(C(=O)CN2C(=O)NC3(CCCC3)C2=O)c2ccccc2O1)N1CCCCC1. The van der Waals surface area contributed by atoms with Crippen molar-refractivity contribution >= 4 is 29.4 Å². The van der Waals surface area contributed by atoms with Crippen LogP contribution in [0.15, 0.2) is 24.3 Å². The topological polar surface area (TPSA) is 99.3 Å². The quantitative estimate of drug-likeness (QED) is 0.721. The van der Waals surface area contributed by atoms with Gasteiger partial charge in [-0.1, -0.05) is 25.0 Å². The smallest absolute Gasteiger partial charge is 0.325 e. The zero-order chi connectivity index (χ0) is 22.3. The lowest BCUT2D eigenvalue weighted by Gasteiger charge is -2.37. The maximum Gasteiger partial charge on any atom is 0.325 e. The average molecular weight is 441 g/mol. The maximum absolute atomic E-state index is 13.3. The number of fused-ring (bicyclic) bond motifs is 1. The molecule has 3 fully saturated rings. The Morgan fingerprint density at radius 1 is 1.03 bits per heavy atom. The number of amides is 5. The minimum atomic E-state index is -0.854. The van der Waals surface area contributed by atoms with Gasteiger partial charge < -0.3 is 19.9 Å². The van der Waals surface area contributed by atoms with E-state index in [0.717, 1.165) is 37.0 Å². The number of nitrogens with zero attached hydrogens (tertiary/aromatic N) is 3. The highest BCUT2D eigenvalue weighted by atomic mass is 16.5. The summed E-state index contributed by atoms with van der Waals surface area (Å²) in [4.78, 5) is 56.2. The van der Waals surface area contributed by atoms with Gasteiger partial charge in [-0.05, 0) is 44.2 Å². The van der Waals surface area contributed by atoms with E-state index in [4.69, 9.17) is 4.74 Å². The molecule has 0 bridgehead atoms. The molecule has 0 unspecified atom stereocenters. The molecule has 1 aliphatic carbocycles. The van der Waals surface area contributed by atoms with Crippen molar-refractivity contribution in [3.05, 3.63) is 24.3 Å². The highest BCUT2D eigenvalue weighted by Crippen LogP contribution is 2.36. The number of imide groups is 1. The van der Waals surface area contributed by atoms with E-state index in [9.17, 15) is 19.2 Å². The molecule has 5 rings (SSSR count). The van der Waals surface area contributed by atoms with E-state index < -0.39 is 23.6 Å². The summed E-state index contributed by atoms with van der Waals surface area (Å²) in [5.74, 6) is -0.407. The Bertz CT molecular complexity index is 951. The van der Waals surface area contributed by atoms with Gasteiger partial charge in [0.15, 0.2) is 6.10 Å². The van der Waals surface area contributed by atoms with E-state index in [1.54, 1.807) is 29.2 Å². The molecule has 1 aromatic rings. The molecule has 9 nitrogen and oxygen atoms in total. The number of hydrogen-bond donors (Lipinski definition) is 1. The third-order valence-corrected chi connectivity index (χ3v) is 7.01. The van der Waals surface area contributed by atoms with E-state index in [1.165, 1.54) is 4.90 Å². The number of carbonyl (C=O) groups is 4. The minimum absolute atomic E-state index is 0.0555. The van der Waals surface area contributed by atoms with Crippen LogP contribution in [-0.2, 0) is 14.4 Å². The van der Waals surface area contributed by atoms with Gasteiger partial charge in [0.1, 0.15) is 17.8 Å². The van der Waals surface area contributed by atoms with Crippen LogP contribution in [0.5, 0.6) is 5.75 Å². The zero-order valence-corrected chi connectivity index (χ0v) is 18.0. The Balaban J connectivity index is 1.35. The second-order valence-electron chi connectivity index (χ2n) is 9.08. The molecule has 1 aromatic carbocycles. The van der Waals surface area contributed by atoms with Crippen LogP contribution in [0.25, 0.3) is 0 Å². The van der Waals surface area contributed by atoms with Gasteiger partial charge >= 0.3 is 6.03 Å². The van der Waals surface area contributed by atoms with Gasteiger partial charge in [-0.15, -0.1) is 0 Å². The number of hydrogen-bond acceptors (Lipinski definition) is 5. The molecule has 1 N–H and O–H groups in total. The highest BCUT2D eigenvalue weighted by Gasteiger charge is 2.53. The number of likely N-dealkylation sites (tertiary alicyclic amines) is 1. The van der Waals surface area contributed by atoms with Crippen LogP contribution in [0.2, 0.25) is 0 Å². The molecule has 1 spiro atoms. The summed E-state index contributed by atoms with van der Waals surface area (Å²) in [6, 6.07) is 6.53. The molecule has 1 atom stereocenters. The number of benzene rings is 1. The summed E-state index contributed by atoms with van der Waals surface area (Å²) in [5, 5.41) is 2.81. The van der Waals surface area contributed by atoms with Crippen molar-refractivity contribution in [2.75, 3.05) is 31.1 Å². The van der Waals surface area contributed by atoms with E-state index in [0.29, 0.717) is 37.4 Å². The second kappa shape index (κ2) is 8.11. The number of nitrogens with one attached hydrogen (secondary N) is 1. The Hall–Kier alpha value is -3.10. The van der Waals surface area contributed by atoms with Crippen LogP contribution in [0.1, 0.15) is 44.9 Å². The number of urea groups is 1. The second-order valence-corrected chi connectivity index (χ2v) is 9.08. The highest BCUT2D eigenvalue weighted by molar-refractivity contribution is 6.11. The number of rotatable bonds is 3. The van der Waals surface area contributed by atoms with Crippen LogP contribution >= 0.6 is 0 Å². The molecular formula is C23H28N4O5. The molecule has 9 heteroatoms. The van der Waals surface area contributed by atoms with Crippen LogP contribution in [-0.4, -0.2) is 71.4 Å². The molecule has 32 heavy (non-hydrogen) atoms. The fourth-order valence-corrected chi connectivity index (χ4v) is 5.27. The van der Waals surface area contributed by atoms with E-state index in [1.807, 2.05) is 0 Å². The molecule has 0 radical (unpaired) electrons. The number of para-hydroxylation sites is 2. The standard InChI is InChI=1S/C23H28N4O5/c28-19(15-27-21(30)23(24-22(27)31)10-4-5-11-23)26-14-18(20(29)25-12-6-1-7-13-25)32-17-9-3-2-8-16(17)26/h2-3,8-9,18H,1,4-7,10-15H2,(H,24,31)/t18-/m1/s1. The van der Waals surface area contributed by atoms with Crippen molar-refractivity contribution in [2.45, 2.75) is 56.6 Å². The lowest BCUT2D eigenvalue weighted by molar-refractivity contribution is -0.140. The third kappa shape index (κ3) is 3.49. The van der Waals surface area contributed by atoms with Crippen molar-refractivity contribution < 1.29 is 23.9 Å². The van der Waals surface area contributed by atoms with Gasteiger partial charge in [0.2, 0.25) is 5.91 Å². The first-order chi connectivity index (χ1) is 15.5. The van der Waals surface area contributed by atoms with Crippen molar-refractivity contribution in [1.29, 1.82) is 0 Å². The van der Waals surface area contributed by atoms with Gasteiger partial charge in [0.05, 0.1) is 12.2 Å². The average Bonchev–Trinajstić information content (AvgIpc) is 3.38. The fourth-order valence-electron chi connectivity index (χ4n) is 5.27. The molecule has 170 valence electrons. The number of ether oxygens (including phenoxy) is 1. The van der Waals surface area contributed by atoms with Gasteiger partial charge in [0, 0.05) is 13.1 Å². The summed E-state index contributed by atoms with van der Waals surface area (Å²) in [5.41, 5.74) is -0.310. The fraction of sp³-hybridized carbons (Fsp3) is 0.565. The lowest BCUT2D eigenvalue weighted by Crippen LogP contribution is -2.54. The van der Waals surface area contributed by atoms with Gasteiger partial charge in [-0.25, -0.2) is 4.79 Å². The normalized spacial score (nSPS) is 24.4. The molecule has 2 saturated heterocycles. The van der Waals surface area contributed by atoms with Gasteiger partial charge in [0.25, 0.3) is 11.8 Å². The largest absolute Gasteiger partial charge is 0.476 e. The summed E-state index contributed by atoms with van der Waals surface area (Å²) < 4.78 is 5.97. The molecule has 0 aromatic heterocycles. The van der Waals surface area contributed by atoms with Gasteiger partial charge in [-0.3, -0.25) is 19.3 Å². The Morgan fingerprint density at radius 3 is 2.50 bits per heavy atom. The number of anilines is 1. The Morgan fingerprint density at radius 2 is 1.75 bits per heavy atom.